The van der Waals surface area contributed by atoms with Crippen molar-refractivity contribution in [1.82, 2.24) is 9.55 Å². The van der Waals surface area contributed by atoms with Gasteiger partial charge in [-0.15, -0.1) is 0 Å². The van der Waals surface area contributed by atoms with Gasteiger partial charge in [0.2, 0.25) is 0 Å². The zero-order chi connectivity index (χ0) is 15.2. The van der Waals surface area contributed by atoms with Crippen LogP contribution in [-0.2, 0) is 13.0 Å². The van der Waals surface area contributed by atoms with E-state index in [2.05, 4.69) is 4.98 Å². The van der Waals surface area contributed by atoms with Gasteiger partial charge in [-0.3, -0.25) is 9.78 Å². The Balaban J connectivity index is 1.92. The lowest BCUT2D eigenvalue weighted by atomic mass is 10.2. The molecule has 21 heavy (non-hydrogen) atoms. The molecule has 0 unspecified atom stereocenters. The van der Waals surface area contributed by atoms with Gasteiger partial charge in [0.25, 0.3) is 5.56 Å². The van der Waals surface area contributed by atoms with Crippen LogP contribution in [0.2, 0.25) is 0 Å². The fraction of sp³-hybridized carbons (Fsp3) is 0.333. The van der Waals surface area contributed by atoms with Crippen molar-refractivity contribution in [2.75, 3.05) is 12.3 Å². The third-order valence-electron chi connectivity index (χ3n) is 3.14. The smallest absolute Gasteiger partial charge is 0.328 e. The summed E-state index contributed by atoms with van der Waals surface area (Å²) in [6, 6.07) is 7.20. The van der Waals surface area contributed by atoms with Crippen LogP contribution in [0.4, 0.5) is 5.69 Å². The highest BCUT2D eigenvalue weighted by molar-refractivity contribution is 5.43. The molecule has 2 rings (SSSR count). The van der Waals surface area contributed by atoms with Crippen LogP contribution in [-0.4, -0.2) is 16.2 Å². The first kappa shape index (κ1) is 14.9. The van der Waals surface area contributed by atoms with Gasteiger partial charge in [0.1, 0.15) is 5.75 Å². The number of nitrogen functional groups attached to an aromatic ring is 1. The van der Waals surface area contributed by atoms with E-state index in [9.17, 15) is 9.59 Å². The molecule has 0 aliphatic rings. The first-order valence-electron chi connectivity index (χ1n) is 6.91. The molecular formula is C15H19N3O3. The number of aromatic nitrogens is 2. The highest BCUT2D eigenvalue weighted by Crippen LogP contribution is 2.14. The molecule has 1 aromatic heterocycles. The molecule has 6 heteroatoms. The molecule has 3 N–H and O–H groups in total. The van der Waals surface area contributed by atoms with Crippen LogP contribution in [0.1, 0.15) is 18.9 Å². The summed E-state index contributed by atoms with van der Waals surface area (Å²) in [6.45, 7) is 2.84. The van der Waals surface area contributed by atoms with E-state index >= 15 is 0 Å². The molecule has 0 saturated carbocycles. The van der Waals surface area contributed by atoms with Crippen molar-refractivity contribution < 1.29 is 4.74 Å². The lowest BCUT2D eigenvalue weighted by Crippen LogP contribution is -2.31. The van der Waals surface area contributed by atoms with Crippen molar-refractivity contribution in [2.24, 2.45) is 0 Å². The van der Waals surface area contributed by atoms with Gasteiger partial charge in [-0.05, 0) is 25.0 Å². The highest BCUT2D eigenvalue weighted by atomic mass is 16.5. The second kappa shape index (κ2) is 6.78. The van der Waals surface area contributed by atoms with E-state index in [-0.39, 0.29) is 11.2 Å². The Hall–Kier alpha value is -2.50. The SMILES string of the molecule is CCc1cn(CCCOc2cccc(N)c2)c(=O)[nH]c1=O. The zero-order valence-corrected chi connectivity index (χ0v) is 12.0. The Morgan fingerprint density at radius 2 is 2.14 bits per heavy atom. The molecule has 0 amide bonds. The molecule has 0 aliphatic carbocycles. The molecule has 0 spiro atoms. The second-order valence-corrected chi connectivity index (χ2v) is 4.74. The first-order valence-corrected chi connectivity index (χ1v) is 6.91. The number of ether oxygens (including phenoxy) is 1. The summed E-state index contributed by atoms with van der Waals surface area (Å²) in [6.07, 6.45) is 2.86. The van der Waals surface area contributed by atoms with E-state index in [0.29, 0.717) is 43.0 Å². The summed E-state index contributed by atoms with van der Waals surface area (Å²) in [5.74, 6) is 0.707. The summed E-state index contributed by atoms with van der Waals surface area (Å²) >= 11 is 0. The monoisotopic (exact) mass is 289 g/mol. The minimum Gasteiger partial charge on any atom is -0.493 e. The number of nitrogens with two attached hydrogens (primary N) is 1. The second-order valence-electron chi connectivity index (χ2n) is 4.74. The summed E-state index contributed by atoms with van der Waals surface area (Å²) in [7, 11) is 0. The molecule has 1 heterocycles. The van der Waals surface area contributed by atoms with Crippen molar-refractivity contribution in [3.63, 3.8) is 0 Å². The van der Waals surface area contributed by atoms with Crippen molar-refractivity contribution in [3.05, 3.63) is 56.9 Å². The Bertz CT molecular complexity index is 719. The fourth-order valence-electron chi connectivity index (χ4n) is 2.00. The number of hydrogen-bond acceptors (Lipinski definition) is 4. The zero-order valence-electron chi connectivity index (χ0n) is 12.0. The molecule has 0 atom stereocenters. The maximum atomic E-state index is 11.7. The molecule has 0 saturated heterocycles. The molecular weight excluding hydrogens is 270 g/mol. The van der Waals surface area contributed by atoms with Gasteiger partial charge in [-0.1, -0.05) is 13.0 Å². The number of aryl methyl sites for hydroxylation is 2. The van der Waals surface area contributed by atoms with Crippen LogP contribution in [0, 0.1) is 0 Å². The lowest BCUT2D eigenvalue weighted by Gasteiger charge is -2.09. The standard InChI is InChI=1S/C15H19N3O3/c1-2-11-10-18(15(20)17-14(11)19)7-4-8-21-13-6-3-5-12(16)9-13/h3,5-6,9-10H,2,4,7-8,16H2,1H3,(H,17,19,20). The third kappa shape index (κ3) is 3.98. The Labute approximate surface area is 122 Å². The minimum atomic E-state index is -0.388. The summed E-state index contributed by atoms with van der Waals surface area (Å²) < 4.78 is 7.06. The van der Waals surface area contributed by atoms with Gasteiger partial charge in [-0.2, -0.15) is 0 Å². The Kier molecular flexibility index (Phi) is 4.81. The van der Waals surface area contributed by atoms with Crippen LogP contribution >= 0.6 is 0 Å². The van der Waals surface area contributed by atoms with Gasteiger partial charge in [-0.25, -0.2) is 4.79 Å². The number of nitrogens with zero attached hydrogens (tertiary/aromatic N) is 1. The van der Waals surface area contributed by atoms with Crippen molar-refractivity contribution in [3.8, 4) is 5.75 Å². The number of benzene rings is 1. The van der Waals surface area contributed by atoms with E-state index in [4.69, 9.17) is 10.5 Å². The van der Waals surface area contributed by atoms with Crippen LogP contribution in [0.5, 0.6) is 5.75 Å². The van der Waals surface area contributed by atoms with Crippen LogP contribution < -0.4 is 21.7 Å². The molecule has 112 valence electrons. The Morgan fingerprint density at radius 1 is 1.33 bits per heavy atom. The number of anilines is 1. The van der Waals surface area contributed by atoms with Gasteiger partial charge in [0.15, 0.2) is 0 Å². The molecule has 2 aromatic rings. The average molecular weight is 289 g/mol. The quantitative estimate of drug-likeness (QED) is 0.616. The normalized spacial score (nSPS) is 10.5. The van der Waals surface area contributed by atoms with Gasteiger partial charge >= 0.3 is 5.69 Å². The fourth-order valence-corrected chi connectivity index (χ4v) is 2.00. The third-order valence-corrected chi connectivity index (χ3v) is 3.14. The number of aromatic amines is 1. The predicted octanol–water partition coefficient (Wildman–Crippen LogP) is 1.15. The van der Waals surface area contributed by atoms with E-state index in [1.165, 1.54) is 4.57 Å². The van der Waals surface area contributed by atoms with Gasteiger partial charge in [0.05, 0.1) is 6.61 Å². The minimum absolute atomic E-state index is 0.310. The average Bonchev–Trinajstić information content (AvgIpc) is 2.45. The van der Waals surface area contributed by atoms with Crippen molar-refractivity contribution in [1.29, 1.82) is 0 Å². The predicted molar refractivity (Wildman–Crippen MR) is 81.7 cm³/mol. The molecule has 0 bridgehead atoms. The largest absolute Gasteiger partial charge is 0.493 e. The van der Waals surface area contributed by atoms with Crippen LogP contribution in [0.3, 0.4) is 0 Å². The van der Waals surface area contributed by atoms with Crippen LogP contribution in [0.25, 0.3) is 0 Å². The molecule has 0 radical (unpaired) electrons. The summed E-state index contributed by atoms with van der Waals surface area (Å²) in [5.41, 5.74) is 6.22. The maximum absolute atomic E-state index is 11.7. The number of H-pyrrole nitrogens is 1. The van der Waals surface area contributed by atoms with E-state index in [0.717, 1.165) is 0 Å². The number of rotatable bonds is 6. The lowest BCUT2D eigenvalue weighted by molar-refractivity contribution is 0.300. The van der Waals surface area contributed by atoms with Crippen LogP contribution in [0.15, 0.2) is 40.1 Å². The molecule has 1 aromatic carbocycles. The van der Waals surface area contributed by atoms with E-state index in [1.54, 1.807) is 18.3 Å². The highest BCUT2D eigenvalue weighted by Gasteiger charge is 2.03. The van der Waals surface area contributed by atoms with Gasteiger partial charge < -0.3 is 15.0 Å². The summed E-state index contributed by atoms with van der Waals surface area (Å²) in [4.78, 5) is 25.5. The maximum Gasteiger partial charge on any atom is 0.328 e. The van der Waals surface area contributed by atoms with Gasteiger partial charge in [0, 0.05) is 30.1 Å². The number of hydrogen-bond donors (Lipinski definition) is 2. The molecule has 6 nitrogen and oxygen atoms in total. The van der Waals surface area contributed by atoms with E-state index in [1.807, 2.05) is 19.1 Å². The van der Waals surface area contributed by atoms with E-state index < -0.39 is 0 Å². The topological polar surface area (TPSA) is 90.1 Å². The summed E-state index contributed by atoms with van der Waals surface area (Å²) in [5, 5.41) is 0. The number of nitrogens with one attached hydrogen (secondary N) is 1. The Morgan fingerprint density at radius 3 is 2.86 bits per heavy atom. The first-order chi connectivity index (χ1) is 10.1. The molecule has 0 aliphatic heterocycles. The molecule has 0 fully saturated rings. The van der Waals surface area contributed by atoms with Crippen molar-refractivity contribution >= 4 is 5.69 Å². The van der Waals surface area contributed by atoms with Crippen molar-refractivity contribution in [2.45, 2.75) is 26.3 Å².